The van der Waals surface area contributed by atoms with E-state index in [1.807, 2.05) is 0 Å². The summed E-state index contributed by atoms with van der Waals surface area (Å²) in [5.74, 6) is 0. The molecule has 7 nitrogen and oxygen atoms in total. The molecule has 0 aromatic carbocycles. The summed E-state index contributed by atoms with van der Waals surface area (Å²) in [5.41, 5.74) is 4.03. The minimum absolute atomic E-state index is 0. The first-order chi connectivity index (χ1) is 3.73. The summed E-state index contributed by atoms with van der Waals surface area (Å²) < 4.78 is 31.6. The van der Waals surface area contributed by atoms with Gasteiger partial charge >= 0.3 is 119 Å². The van der Waals surface area contributed by atoms with Gasteiger partial charge in [0, 0.05) is 17.1 Å². The molecule has 0 saturated carbocycles. The zero-order valence-electron chi connectivity index (χ0n) is 4.41. The predicted molar refractivity (Wildman–Crippen MR) is 40.7 cm³/mol. The van der Waals surface area contributed by atoms with Gasteiger partial charge in [0.25, 0.3) is 0 Å². The number of nitrogens with two attached hydrogens (primary N) is 1. The Morgan fingerprint density at radius 1 is 1.17 bits per heavy atom. The average Bonchev–Trinajstić information content (AvgIpc) is 1.19. The van der Waals surface area contributed by atoms with Crippen molar-refractivity contribution < 1.29 is 44.5 Å². The molecule has 0 saturated heterocycles. The molecule has 0 heterocycles. The van der Waals surface area contributed by atoms with Gasteiger partial charge in [-0.25, -0.2) is 4.79 Å². The van der Waals surface area contributed by atoms with E-state index in [9.17, 15) is 0 Å². The van der Waals surface area contributed by atoms with Crippen LogP contribution in [0, 0.1) is 0 Å². The molecular weight excluding hydrogens is 288 g/mol. The maximum absolute atomic E-state index is 8.78. The molecule has 0 aromatic rings. The third-order valence-corrected chi connectivity index (χ3v) is 0. The molecule has 0 fully saturated rings. The van der Waals surface area contributed by atoms with Crippen LogP contribution in [-0.4, -0.2) is 131 Å². The van der Waals surface area contributed by atoms with E-state index in [1.54, 1.807) is 0 Å². The van der Waals surface area contributed by atoms with Crippen molar-refractivity contribution in [3.05, 3.63) is 0 Å². The molecular formula is CH7FeK2NO6S. The van der Waals surface area contributed by atoms with Gasteiger partial charge in [0.2, 0.25) is 0 Å². The van der Waals surface area contributed by atoms with Gasteiger partial charge < -0.3 is 10.8 Å². The van der Waals surface area contributed by atoms with Crippen molar-refractivity contribution in [2.45, 2.75) is 0 Å². The number of carbonyl (C=O) groups is 1. The first-order valence-corrected chi connectivity index (χ1v) is 2.81. The molecule has 11 heteroatoms. The number of carboxylic acid groups (broad SMARTS) is 1. The fourth-order valence-electron chi connectivity index (χ4n) is 0. The van der Waals surface area contributed by atoms with Crippen molar-refractivity contribution in [1.29, 1.82) is 0 Å². The fraction of sp³-hybridized carbons (Fsp3) is 0. The topological polar surface area (TPSA) is 138 Å². The Labute approximate surface area is 165 Å². The van der Waals surface area contributed by atoms with Crippen LogP contribution in [0.15, 0.2) is 0 Å². The zero-order valence-corrected chi connectivity index (χ0v) is 6.33. The summed E-state index contributed by atoms with van der Waals surface area (Å²) >= 11 is 0. The third kappa shape index (κ3) is 214. The van der Waals surface area contributed by atoms with Crippen LogP contribution in [0.25, 0.3) is 0 Å². The van der Waals surface area contributed by atoms with E-state index in [2.05, 4.69) is 5.73 Å². The Morgan fingerprint density at radius 3 is 1.17 bits per heavy atom. The number of hydrogen-bond acceptors (Lipinski definition) is 3. The Morgan fingerprint density at radius 2 is 1.17 bits per heavy atom. The van der Waals surface area contributed by atoms with Crippen molar-refractivity contribution in [1.82, 2.24) is 0 Å². The molecule has 1 amide bonds. The second kappa shape index (κ2) is 16.4. The number of hydrogen-bond donors (Lipinski definition) is 4. The van der Waals surface area contributed by atoms with E-state index in [-0.39, 0.29) is 120 Å². The van der Waals surface area contributed by atoms with Crippen LogP contribution in [0.5, 0.6) is 0 Å². The molecule has 0 radical (unpaired) electrons. The zero-order chi connectivity index (χ0) is 8.08. The molecule has 0 aromatic heterocycles. The Balaban J connectivity index is -0.0000000221. The number of primary amides is 1. The van der Waals surface area contributed by atoms with Crippen molar-refractivity contribution in [3.63, 3.8) is 0 Å². The summed E-state index contributed by atoms with van der Waals surface area (Å²) in [7, 11) is -4.67. The molecule has 5 N–H and O–H groups in total. The van der Waals surface area contributed by atoms with Gasteiger partial charge in [0.1, 0.15) is 0 Å². The Kier molecular flexibility index (Phi) is 40.1. The van der Waals surface area contributed by atoms with E-state index in [0.717, 1.165) is 0 Å². The molecule has 0 unspecified atom stereocenters. The summed E-state index contributed by atoms with van der Waals surface area (Å²) in [4.78, 5) is 8.78. The van der Waals surface area contributed by atoms with Crippen molar-refractivity contribution in [2.24, 2.45) is 5.73 Å². The third-order valence-electron chi connectivity index (χ3n) is 0. The molecule has 0 aliphatic rings. The predicted octanol–water partition coefficient (Wildman–Crippen LogP) is -2.33. The van der Waals surface area contributed by atoms with E-state index >= 15 is 0 Å². The second-order valence-electron chi connectivity index (χ2n) is 0.786. The monoisotopic (exact) mass is 295 g/mol. The van der Waals surface area contributed by atoms with Crippen LogP contribution in [0.4, 0.5) is 4.79 Å². The van der Waals surface area contributed by atoms with E-state index in [4.69, 9.17) is 27.4 Å². The van der Waals surface area contributed by atoms with Gasteiger partial charge in [-0.1, -0.05) is 0 Å². The SMILES string of the molecule is NC(=O)O.O=S(=O)(O)O.[Fe].[KH].[KH]. The standard InChI is InChI=1S/CH3NO2.Fe.2K.H2O4S.2H/c2-1(3)4;;;;1-5(2,3)4;;/h2H2,(H,3,4);;;;(H2,1,2,3,4);;. The van der Waals surface area contributed by atoms with Crippen LogP contribution in [-0.2, 0) is 27.5 Å². The number of rotatable bonds is 0. The average molecular weight is 295 g/mol. The number of amides is 1. The summed E-state index contributed by atoms with van der Waals surface area (Å²) in [6, 6.07) is 0. The normalized spacial score (nSPS) is 6.83. The molecule has 0 rings (SSSR count). The summed E-state index contributed by atoms with van der Waals surface area (Å²) in [6.07, 6.45) is -1.33. The Hall–Kier alpha value is 2.93. The quantitative estimate of drug-likeness (QED) is 0.292. The van der Waals surface area contributed by atoms with Crippen molar-refractivity contribution in [2.75, 3.05) is 0 Å². The van der Waals surface area contributed by atoms with Crippen molar-refractivity contribution in [3.8, 4) is 0 Å². The summed E-state index contributed by atoms with van der Waals surface area (Å²) in [6.45, 7) is 0. The first kappa shape index (κ1) is 29.4. The Bertz CT molecular complexity index is 168. The molecule has 0 atom stereocenters. The van der Waals surface area contributed by atoms with E-state index in [1.165, 1.54) is 0 Å². The van der Waals surface area contributed by atoms with Gasteiger partial charge in [-0.15, -0.1) is 0 Å². The fourth-order valence-corrected chi connectivity index (χ4v) is 0. The van der Waals surface area contributed by atoms with Gasteiger partial charge in [-0.3, -0.25) is 9.11 Å². The van der Waals surface area contributed by atoms with Gasteiger partial charge in [0.15, 0.2) is 0 Å². The van der Waals surface area contributed by atoms with E-state index < -0.39 is 16.5 Å². The van der Waals surface area contributed by atoms with Gasteiger partial charge in [-0.05, 0) is 0 Å². The molecule has 68 valence electrons. The first-order valence-electron chi connectivity index (χ1n) is 1.41. The minimum atomic E-state index is -4.67. The molecule has 12 heavy (non-hydrogen) atoms. The molecule has 0 aliphatic carbocycles. The van der Waals surface area contributed by atoms with E-state index in [0.29, 0.717) is 0 Å². The van der Waals surface area contributed by atoms with Crippen LogP contribution in [0.1, 0.15) is 0 Å². The van der Waals surface area contributed by atoms with Crippen LogP contribution < -0.4 is 5.73 Å². The van der Waals surface area contributed by atoms with Gasteiger partial charge in [-0.2, -0.15) is 8.42 Å². The second-order valence-corrected chi connectivity index (χ2v) is 1.68. The molecule has 0 bridgehead atoms. The maximum atomic E-state index is 8.78. The van der Waals surface area contributed by atoms with Crippen LogP contribution in [0.2, 0.25) is 0 Å². The van der Waals surface area contributed by atoms with Crippen LogP contribution in [0.3, 0.4) is 0 Å². The molecule has 0 aliphatic heterocycles. The van der Waals surface area contributed by atoms with Crippen LogP contribution >= 0.6 is 0 Å². The summed E-state index contributed by atoms with van der Waals surface area (Å²) in [5, 5.41) is 7.19. The van der Waals surface area contributed by atoms with Crippen molar-refractivity contribution >= 4 is 119 Å². The molecule has 0 spiro atoms. The van der Waals surface area contributed by atoms with Gasteiger partial charge in [0.05, 0.1) is 0 Å².